The molecule has 0 fully saturated rings. The monoisotopic (exact) mass is 207 g/mol. The highest BCUT2D eigenvalue weighted by Gasteiger charge is 2.11. The average Bonchev–Trinajstić information content (AvgIpc) is 1.99. The zero-order chi connectivity index (χ0) is 11.6. The Labute approximate surface area is 87.9 Å². The number of aromatic carboxylic acids is 1. The van der Waals surface area contributed by atoms with Crippen molar-refractivity contribution in [1.29, 1.82) is 0 Å². The van der Waals surface area contributed by atoms with E-state index in [9.17, 15) is 9.59 Å². The van der Waals surface area contributed by atoms with Crippen LogP contribution >= 0.6 is 0 Å². The Balaban J connectivity index is 3.19. The van der Waals surface area contributed by atoms with Crippen molar-refractivity contribution in [3.05, 3.63) is 28.8 Å². The van der Waals surface area contributed by atoms with Gasteiger partial charge in [-0.2, -0.15) is 0 Å². The summed E-state index contributed by atoms with van der Waals surface area (Å²) in [7, 11) is 0. The van der Waals surface area contributed by atoms with Crippen LogP contribution in [0.2, 0.25) is 0 Å². The van der Waals surface area contributed by atoms with E-state index in [2.05, 4.69) is 5.32 Å². The summed E-state index contributed by atoms with van der Waals surface area (Å²) in [5.41, 5.74) is 2.21. The molecule has 0 aliphatic carbocycles. The number of carboxylic acids is 1. The average molecular weight is 207 g/mol. The quantitative estimate of drug-likeness (QED) is 0.779. The largest absolute Gasteiger partial charge is 0.478 e. The Hall–Kier alpha value is -1.84. The summed E-state index contributed by atoms with van der Waals surface area (Å²) in [5.74, 6) is -1.11. The SMILES string of the molecule is CC(=O)Nc1cc(C)c(C(=O)O)c(C)c1. The van der Waals surface area contributed by atoms with Crippen LogP contribution in [0.5, 0.6) is 0 Å². The Bertz CT molecular complexity index is 401. The van der Waals surface area contributed by atoms with E-state index in [1.807, 2.05) is 0 Å². The third-order valence-electron chi connectivity index (χ3n) is 2.07. The predicted octanol–water partition coefficient (Wildman–Crippen LogP) is 1.96. The van der Waals surface area contributed by atoms with E-state index in [0.29, 0.717) is 22.4 Å². The van der Waals surface area contributed by atoms with Crippen LogP contribution in [0, 0.1) is 13.8 Å². The molecule has 1 rings (SSSR count). The molecule has 15 heavy (non-hydrogen) atoms. The first-order valence-corrected chi connectivity index (χ1v) is 4.54. The second-order valence-corrected chi connectivity index (χ2v) is 3.47. The summed E-state index contributed by atoms with van der Waals surface area (Å²) >= 11 is 0. The summed E-state index contributed by atoms with van der Waals surface area (Å²) < 4.78 is 0. The van der Waals surface area contributed by atoms with E-state index >= 15 is 0 Å². The lowest BCUT2D eigenvalue weighted by Gasteiger charge is -2.09. The van der Waals surface area contributed by atoms with E-state index in [1.165, 1.54) is 6.92 Å². The lowest BCUT2D eigenvalue weighted by molar-refractivity contribution is -0.114. The molecule has 80 valence electrons. The Morgan fingerprint density at radius 2 is 1.67 bits per heavy atom. The van der Waals surface area contributed by atoms with Crippen molar-refractivity contribution in [2.45, 2.75) is 20.8 Å². The third kappa shape index (κ3) is 2.56. The van der Waals surface area contributed by atoms with Gasteiger partial charge in [-0.25, -0.2) is 4.79 Å². The Morgan fingerprint density at radius 3 is 2.00 bits per heavy atom. The molecular formula is C11H13NO3. The number of amides is 1. The number of benzene rings is 1. The minimum atomic E-state index is -0.945. The summed E-state index contributed by atoms with van der Waals surface area (Å²) in [6, 6.07) is 3.30. The van der Waals surface area contributed by atoms with E-state index in [0.717, 1.165) is 0 Å². The van der Waals surface area contributed by atoms with Gasteiger partial charge in [-0.1, -0.05) is 0 Å². The van der Waals surface area contributed by atoms with Crippen LogP contribution in [0.25, 0.3) is 0 Å². The highest BCUT2D eigenvalue weighted by molar-refractivity contribution is 5.94. The molecule has 0 bridgehead atoms. The fourth-order valence-electron chi connectivity index (χ4n) is 1.58. The number of hydrogen-bond donors (Lipinski definition) is 2. The molecule has 1 aromatic rings. The normalized spacial score (nSPS) is 9.80. The molecule has 0 unspecified atom stereocenters. The van der Waals surface area contributed by atoms with Crippen molar-refractivity contribution in [2.75, 3.05) is 5.32 Å². The smallest absolute Gasteiger partial charge is 0.336 e. The molecule has 0 saturated heterocycles. The number of rotatable bonds is 2. The van der Waals surface area contributed by atoms with Gasteiger partial charge in [0.2, 0.25) is 5.91 Å². The van der Waals surface area contributed by atoms with Crippen molar-refractivity contribution >= 4 is 17.6 Å². The predicted molar refractivity (Wildman–Crippen MR) is 57.2 cm³/mol. The highest BCUT2D eigenvalue weighted by Crippen LogP contribution is 2.20. The maximum Gasteiger partial charge on any atom is 0.336 e. The maximum atomic E-state index is 10.9. The van der Waals surface area contributed by atoms with Crippen LogP contribution in [0.4, 0.5) is 5.69 Å². The summed E-state index contributed by atoms with van der Waals surface area (Å²) in [5, 5.41) is 11.6. The lowest BCUT2D eigenvalue weighted by atomic mass is 10.0. The van der Waals surface area contributed by atoms with Gasteiger partial charge in [0.15, 0.2) is 0 Å². The van der Waals surface area contributed by atoms with Crippen LogP contribution < -0.4 is 5.32 Å². The van der Waals surface area contributed by atoms with Gasteiger partial charge in [-0.3, -0.25) is 4.79 Å². The third-order valence-corrected chi connectivity index (χ3v) is 2.07. The van der Waals surface area contributed by atoms with Crippen molar-refractivity contribution in [3.63, 3.8) is 0 Å². The van der Waals surface area contributed by atoms with Crippen molar-refractivity contribution in [3.8, 4) is 0 Å². The summed E-state index contributed by atoms with van der Waals surface area (Å²) in [6.45, 7) is 4.83. The van der Waals surface area contributed by atoms with Crippen LogP contribution in [-0.4, -0.2) is 17.0 Å². The summed E-state index contributed by atoms with van der Waals surface area (Å²) in [4.78, 5) is 21.7. The molecular weight excluding hydrogens is 194 g/mol. The van der Waals surface area contributed by atoms with Gasteiger partial charge < -0.3 is 10.4 Å². The van der Waals surface area contributed by atoms with Crippen LogP contribution in [0.1, 0.15) is 28.4 Å². The first-order valence-electron chi connectivity index (χ1n) is 4.54. The first-order chi connectivity index (χ1) is 6.91. The molecule has 1 aromatic carbocycles. The van der Waals surface area contributed by atoms with Gasteiger partial charge in [-0.05, 0) is 37.1 Å². The number of anilines is 1. The lowest BCUT2D eigenvalue weighted by Crippen LogP contribution is -2.09. The molecule has 0 spiro atoms. The number of aryl methyl sites for hydroxylation is 2. The molecule has 1 amide bonds. The topological polar surface area (TPSA) is 66.4 Å². The van der Waals surface area contributed by atoms with Crippen molar-refractivity contribution in [2.24, 2.45) is 0 Å². The molecule has 0 heterocycles. The second kappa shape index (κ2) is 4.13. The second-order valence-electron chi connectivity index (χ2n) is 3.47. The molecule has 0 aromatic heterocycles. The van der Waals surface area contributed by atoms with Gasteiger partial charge in [0.1, 0.15) is 0 Å². The summed E-state index contributed by atoms with van der Waals surface area (Å²) in [6.07, 6.45) is 0. The van der Waals surface area contributed by atoms with Gasteiger partial charge >= 0.3 is 5.97 Å². The van der Waals surface area contributed by atoms with Crippen LogP contribution in [-0.2, 0) is 4.79 Å². The molecule has 0 atom stereocenters. The van der Waals surface area contributed by atoms with Gasteiger partial charge in [-0.15, -0.1) is 0 Å². The number of hydrogen-bond acceptors (Lipinski definition) is 2. The Morgan fingerprint density at radius 1 is 1.20 bits per heavy atom. The fraction of sp³-hybridized carbons (Fsp3) is 0.273. The number of nitrogens with one attached hydrogen (secondary N) is 1. The van der Waals surface area contributed by atoms with E-state index in [-0.39, 0.29) is 5.91 Å². The van der Waals surface area contributed by atoms with Gasteiger partial charge in [0.05, 0.1) is 5.56 Å². The minimum absolute atomic E-state index is 0.170. The zero-order valence-corrected chi connectivity index (χ0v) is 8.92. The van der Waals surface area contributed by atoms with E-state index in [1.54, 1.807) is 26.0 Å². The zero-order valence-electron chi connectivity index (χ0n) is 8.92. The number of carbonyl (C=O) groups is 2. The maximum absolute atomic E-state index is 10.9. The minimum Gasteiger partial charge on any atom is -0.478 e. The van der Waals surface area contributed by atoms with Crippen molar-refractivity contribution in [1.82, 2.24) is 0 Å². The molecule has 0 saturated carbocycles. The number of carbonyl (C=O) groups excluding carboxylic acids is 1. The van der Waals surface area contributed by atoms with Gasteiger partial charge in [0.25, 0.3) is 0 Å². The first kappa shape index (κ1) is 11.2. The molecule has 0 aliphatic heterocycles. The molecule has 2 N–H and O–H groups in total. The van der Waals surface area contributed by atoms with Crippen LogP contribution in [0.3, 0.4) is 0 Å². The number of carboxylic acid groups (broad SMARTS) is 1. The van der Waals surface area contributed by atoms with Crippen LogP contribution in [0.15, 0.2) is 12.1 Å². The molecule has 0 aliphatic rings. The van der Waals surface area contributed by atoms with E-state index < -0.39 is 5.97 Å². The molecule has 4 nitrogen and oxygen atoms in total. The molecule has 0 radical (unpaired) electrons. The Kier molecular flexibility index (Phi) is 3.09. The van der Waals surface area contributed by atoms with Crippen molar-refractivity contribution < 1.29 is 14.7 Å². The fourth-order valence-corrected chi connectivity index (χ4v) is 1.58. The standard InChI is InChI=1S/C11H13NO3/c1-6-4-9(12-8(3)13)5-7(2)10(6)11(14)15/h4-5H,1-3H3,(H,12,13)(H,14,15). The highest BCUT2D eigenvalue weighted by atomic mass is 16.4. The van der Waals surface area contributed by atoms with Gasteiger partial charge in [0, 0.05) is 12.6 Å². The van der Waals surface area contributed by atoms with E-state index in [4.69, 9.17) is 5.11 Å². The molecule has 4 heteroatoms.